The average molecular weight is 400 g/mol. The molecule has 0 bridgehead atoms. The Hall–Kier alpha value is -0.370. The minimum atomic E-state index is -3.98. The molecule has 1 aromatic rings. The number of nitrogen functional groups attached to an aromatic ring is 1. The second-order valence-corrected chi connectivity index (χ2v) is 8.36. The number of halogens is 3. The number of rotatable bonds is 3. The van der Waals surface area contributed by atoms with Gasteiger partial charge in [0, 0.05) is 6.04 Å². The van der Waals surface area contributed by atoms with Crippen LogP contribution >= 0.6 is 27.5 Å². The second kappa shape index (κ2) is 6.40. The molecule has 0 atom stereocenters. The highest BCUT2D eigenvalue weighted by atomic mass is 79.9. The summed E-state index contributed by atoms with van der Waals surface area (Å²) < 4.78 is 41.5. The molecule has 0 saturated heterocycles. The number of nitrogens with one attached hydrogen (secondary N) is 1. The van der Waals surface area contributed by atoms with E-state index in [1.807, 2.05) is 0 Å². The Morgan fingerprint density at radius 2 is 1.95 bits per heavy atom. The van der Waals surface area contributed by atoms with E-state index >= 15 is 0 Å². The molecule has 4 nitrogen and oxygen atoms in total. The molecule has 21 heavy (non-hydrogen) atoms. The Morgan fingerprint density at radius 1 is 1.38 bits per heavy atom. The third-order valence-electron chi connectivity index (χ3n) is 3.78. The fourth-order valence-corrected chi connectivity index (χ4v) is 4.44. The van der Waals surface area contributed by atoms with E-state index in [-0.39, 0.29) is 21.2 Å². The van der Waals surface area contributed by atoms with Gasteiger partial charge in [-0.25, -0.2) is 17.5 Å². The van der Waals surface area contributed by atoms with Crippen molar-refractivity contribution in [2.45, 2.75) is 43.5 Å². The molecule has 1 aliphatic carbocycles. The Bertz CT molecular complexity index is 646. The minimum Gasteiger partial charge on any atom is -0.395 e. The molecule has 2 rings (SSSR count). The molecule has 0 aromatic heterocycles. The molecule has 0 heterocycles. The van der Waals surface area contributed by atoms with Crippen LogP contribution in [0.4, 0.5) is 10.1 Å². The van der Waals surface area contributed by atoms with Crippen molar-refractivity contribution >= 4 is 43.2 Å². The lowest BCUT2D eigenvalue weighted by atomic mass is 9.88. The zero-order valence-corrected chi connectivity index (χ0v) is 14.7. The first-order chi connectivity index (χ1) is 9.72. The summed E-state index contributed by atoms with van der Waals surface area (Å²) in [6.45, 7) is 2.14. The van der Waals surface area contributed by atoms with Crippen molar-refractivity contribution in [2.75, 3.05) is 5.73 Å². The van der Waals surface area contributed by atoms with Gasteiger partial charge in [-0.2, -0.15) is 0 Å². The molecular weight excluding hydrogens is 383 g/mol. The van der Waals surface area contributed by atoms with E-state index in [2.05, 4.69) is 27.6 Å². The van der Waals surface area contributed by atoms with Gasteiger partial charge < -0.3 is 5.73 Å². The third kappa shape index (κ3) is 3.70. The van der Waals surface area contributed by atoms with E-state index in [0.29, 0.717) is 5.92 Å². The van der Waals surface area contributed by atoms with Gasteiger partial charge in [0.25, 0.3) is 0 Å². The lowest BCUT2D eigenvalue weighted by molar-refractivity contribution is 0.332. The summed E-state index contributed by atoms with van der Waals surface area (Å²) >= 11 is 8.90. The Balaban J connectivity index is 2.28. The highest BCUT2D eigenvalue weighted by Gasteiger charge is 2.28. The van der Waals surface area contributed by atoms with Gasteiger partial charge in [-0.15, -0.1) is 0 Å². The summed E-state index contributed by atoms with van der Waals surface area (Å²) in [6.07, 6.45) is 3.42. The summed E-state index contributed by atoms with van der Waals surface area (Å²) in [7, 11) is -3.98. The zero-order chi connectivity index (χ0) is 15.8. The van der Waals surface area contributed by atoms with Crippen molar-refractivity contribution in [1.82, 2.24) is 4.72 Å². The lowest BCUT2D eigenvalue weighted by Crippen LogP contribution is -2.37. The van der Waals surface area contributed by atoms with Crippen LogP contribution in [-0.4, -0.2) is 14.5 Å². The van der Waals surface area contributed by atoms with Crippen molar-refractivity contribution < 1.29 is 12.8 Å². The second-order valence-electron chi connectivity index (χ2n) is 5.48. The maximum Gasteiger partial charge on any atom is 0.243 e. The van der Waals surface area contributed by atoms with Crippen LogP contribution in [0.5, 0.6) is 0 Å². The van der Waals surface area contributed by atoms with Crippen LogP contribution in [0.3, 0.4) is 0 Å². The van der Waals surface area contributed by atoms with Gasteiger partial charge in [0.15, 0.2) is 5.82 Å². The molecule has 3 N–H and O–H groups in total. The maximum atomic E-state index is 14.1. The van der Waals surface area contributed by atoms with Crippen LogP contribution in [0.15, 0.2) is 15.4 Å². The Labute approximate surface area is 137 Å². The Morgan fingerprint density at radius 3 is 2.52 bits per heavy atom. The molecule has 1 fully saturated rings. The molecule has 1 saturated carbocycles. The number of hydrogen-bond donors (Lipinski definition) is 2. The minimum absolute atomic E-state index is 0.0616. The fourth-order valence-electron chi connectivity index (χ4n) is 2.46. The normalized spacial score (nSPS) is 23.2. The number of benzene rings is 1. The van der Waals surface area contributed by atoms with Crippen LogP contribution in [-0.2, 0) is 10.0 Å². The van der Waals surface area contributed by atoms with Gasteiger partial charge in [0.2, 0.25) is 10.0 Å². The van der Waals surface area contributed by atoms with Crippen molar-refractivity contribution in [3.63, 3.8) is 0 Å². The molecular formula is C13H17BrClFN2O2S. The lowest BCUT2D eigenvalue weighted by Gasteiger charge is -2.26. The summed E-state index contributed by atoms with van der Waals surface area (Å²) in [6, 6.07) is 0.903. The number of sulfonamides is 1. The van der Waals surface area contributed by atoms with Gasteiger partial charge in [0.05, 0.1) is 15.2 Å². The number of nitrogens with two attached hydrogens (primary N) is 1. The highest BCUT2D eigenvalue weighted by Crippen LogP contribution is 2.35. The monoisotopic (exact) mass is 398 g/mol. The van der Waals surface area contributed by atoms with Crippen molar-refractivity contribution in [2.24, 2.45) is 5.92 Å². The van der Waals surface area contributed by atoms with E-state index in [1.165, 1.54) is 0 Å². The molecule has 0 unspecified atom stereocenters. The topological polar surface area (TPSA) is 72.2 Å². The Kier molecular flexibility index (Phi) is 5.18. The first-order valence-electron chi connectivity index (χ1n) is 6.67. The van der Waals surface area contributed by atoms with E-state index in [4.69, 9.17) is 17.3 Å². The zero-order valence-electron chi connectivity index (χ0n) is 11.5. The van der Waals surface area contributed by atoms with Crippen LogP contribution in [0.2, 0.25) is 5.02 Å². The smallest absolute Gasteiger partial charge is 0.243 e. The SMILES string of the molecule is CC1CCC(NS(=O)(=O)c2cc(Cl)c(Br)c(N)c2F)CC1. The van der Waals surface area contributed by atoms with E-state index < -0.39 is 20.7 Å². The standard InChI is InChI=1S/C13H17BrClFN2O2S/c1-7-2-4-8(5-3-7)18-21(19,20)10-6-9(15)11(14)13(17)12(10)16/h6-8,18H,2-5,17H2,1H3. The molecule has 1 aliphatic rings. The third-order valence-corrected chi connectivity index (χ3v) is 6.68. The van der Waals surface area contributed by atoms with Gasteiger partial charge in [-0.1, -0.05) is 18.5 Å². The summed E-state index contributed by atoms with van der Waals surface area (Å²) in [4.78, 5) is -0.508. The predicted octanol–water partition coefficient (Wildman–Crippen LogP) is 3.68. The van der Waals surface area contributed by atoms with Gasteiger partial charge >= 0.3 is 0 Å². The van der Waals surface area contributed by atoms with Gasteiger partial charge in [-0.3, -0.25) is 0 Å². The van der Waals surface area contributed by atoms with Crippen molar-refractivity contribution in [1.29, 1.82) is 0 Å². The van der Waals surface area contributed by atoms with E-state index in [0.717, 1.165) is 31.7 Å². The van der Waals surface area contributed by atoms with Crippen LogP contribution in [0.25, 0.3) is 0 Å². The predicted molar refractivity (Wildman–Crippen MR) is 85.3 cm³/mol. The van der Waals surface area contributed by atoms with E-state index in [1.54, 1.807) is 0 Å². The van der Waals surface area contributed by atoms with Gasteiger partial charge in [-0.05, 0) is 53.6 Å². The molecule has 118 valence electrons. The quantitative estimate of drug-likeness (QED) is 0.601. The molecule has 0 aliphatic heterocycles. The average Bonchev–Trinajstić information content (AvgIpc) is 2.42. The number of anilines is 1. The molecule has 0 radical (unpaired) electrons. The summed E-state index contributed by atoms with van der Waals surface area (Å²) in [5.41, 5.74) is 5.23. The maximum absolute atomic E-state index is 14.1. The molecule has 1 aromatic carbocycles. The van der Waals surface area contributed by atoms with Crippen molar-refractivity contribution in [3.8, 4) is 0 Å². The first-order valence-corrected chi connectivity index (χ1v) is 9.33. The van der Waals surface area contributed by atoms with Gasteiger partial charge in [0.1, 0.15) is 4.90 Å². The fraction of sp³-hybridized carbons (Fsp3) is 0.538. The van der Waals surface area contributed by atoms with E-state index in [9.17, 15) is 12.8 Å². The molecule has 8 heteroatoms. The highest BCUT2D eigenvalue weighted by molar-refractivity contribution is 9.10. The van der Waals surface area contributed by atoms with Crippen molar-refractivity contribution in [3.05, 3.63) is 21.4 Å². The summed E-state index contributed by atoms with van der Waals surface area (Å²) in [5, 5.41) is 0.0616. The molecule has 0 spiro atoms. The summed E-state index contributed by atoms with van der Waals surface area (Å²) in [5.74, 6) is -0.386. The first kappa shape index (κ1) is 17.0. The number of hydrogen-bond acceptors (Lipinski definition) is 3. The largest absolute Gasteiger partial charge is 0.395 e. The van der Waals surface area contributed by atoms with Crippen LogP contribution in [0, 0.1) is 11.7 Å². The van der Waals surface area contributed by atoms with Crippen LogP contribution < -0.4 is 10.5 Å². The molecule has 0 amide bonds. The van der Waals surface area contributed by atoms with Crippen LogP contribution in [0.1, 0.15) is 32.6 Å².